The Labute approximate surface area is 130 Å². The molecule has 1 unspecified atom stereocenters. The first-order valence-electron chi connectivity index (χ1n) is 6.89. The fraction of sp³-hybridized carbons (Fsp3) is 0.278. The van der Waals surface area contributed by atoms with Crippen molar-refractivity contribution in [2.24, 2.45) is 0 Å². The second-order valence-electron chi connectivity index (χ2n) is 5.88. The molecule has 2 aromatic carbocycles. The van der Waals surface area contributed by atoms with E-state index in [9.17, 15) is 4.79 Å². The highest BCUT2D eigenvalue weighted by molar-refractivity contribution is 6.33. The van der Waals surface area contributed by atoms with Gasteiger partial charge in [0, 0.05) is 5.56 Å². The standard InChI is InChI=1S/C18H19ClO2/c1-18(2,3)21-15-11-9-14(10-12-15)17(20)16(19)13-7-5-4-6-8-13/h4-12,16H,1-3H3. The van der Waals surface area contributed by atoms with Crippen molar-refractivity contribution in [1.82, 2.24) is 0 Å². The molecule has 0 radical (unpaired) electrons. The predicted molar refractivity (Wildman–Crippen MR) is 86.2 cm³/mol. The van der Waals surface area contributed by atoms with Crippen molar-refractivity contribution in [3.63, 3.8) is 0 Å². The van der Waals surface area contributed by atoms with Crippen LogP contribution in [0.1, 0.15) is 42.1 Å². The van der Waals surface area contributed by atoms with Gasteiger partial charge in [-0.3, -0.25) is 4.79 Å². The zero-order valence-electron chi connectivity index (χ0n) is 12.5. The molecule has 0 saturated carbocycles. The summed E-state index contributed by atoms with van der Waals surface area (Å²) in [5, 5.41) is -0.666. The van der Waals surface area contributed by atoms with Gasteiger partial charge < -0.3 is 4.74 Å². The highest BCUT2D eigenvalue weighted by atomic mass is 35.5. The molecule has 0 heterocycles. The number of carbonyl (C=O) groups is 1. The molecule has 2 nitrogen and oxygen atoms in total. The Morgan fingerprint density at radius 3 is 2.10 bits per heavy atom. The van der Waals surface area contributed by atoms with Crippen molar-refractivity contribution in [2.45, 2.75) is 31.7 Å². The van der Waals surface area contributed by atoms with Gasteiger partial charge in [-0.1, -0.05) is 30.3 Å². The highest BCUT2D eigenvalue weighted by Crippen LogP contribution is 2.26. The molecule has 0 spiro atoms. The maximum atomic E-state index is 12.4. The van der Waals surface area contributed by atoms with E-state index in [-0.39, 0.29) is 11.4 Å². The minimum Gasteiger partial charge on any atom is -0.488 e. The van der Waals surface area contributed by atoms with Crippen LogP contribution in [-0.2, 0) is 0 Å². The summed E-state index contributed by atoms with van der Waals surface area (Å²) in [5.41, 5.74) is 1.13. The fourth-order valence-electron chi connectivity index (χ4n) is 1.96. The van der Waals surface area contributed by atoms with Crippen molar-refractivity contribution in [1.29, 1.82) is 0 Å². The summed E-state index contributed by atoms with van der Waals surface area (Å²) in [6.45, 7) is 5.95. The van der Waals surface area contributed by atoms with E-state index < -0.39 is 5.38 Å². The van der Waals surface area contributed by atoms with Gasteiger partial charge in [-0.15, -0.1) is 11.6 Å². The molecule has 0 aliphatic carbocycles. The molecule has 0 fully saturated rings. The van der Waals surface area contributed by atoms with Gasteiger partial charge >= 0.3 is 0 Å². The lowest BCUT2D eigenvalue weighted by atomic mass is 10.0. The Bertz CT molecular complexity index is 597. The number of rotatable bonds is 4. The SMILES string of the molecule is CC(C)(C)Oc1ccc(C(=O)C(Cl)c2ccccc2)cc1. The van der Waals surface area contributed by atoms with Gasteiger partial charge in [0.25, 0.3) is 0 Å². The summed E-state index contributed by atoms with van der Waals surface area (Å²) in [7, 11) is 0. The quantitative estimate of drug-likeness (QED) is 0.585. The van der Waals surface area contributed by atoms with E-state index in [1.54, 1.807) is 24.3 Å². The first-order chi connectivity index (χ1) is 9.87. The Morgan fingerprint density at radius 1 is 1.00 bits per heavy atom. The second kappa shape index (κ2) is 6.31. The normalized spacial score (nSPS) is 12.8. The van der Waals surface area contributed by atoms with Gasteiger partial charge in [0.05, 0.1) is 0 Å². The van der Waals surface area contributed by atoms with E-state index in [2.05, 4.69) is 0 Å². The number of ketones is 1. The average molecular weight is 303 g/mol. The van der Waals surface area contributed by atoms with E-state index in [4.69, 9.17) is 16.3 Å². The molecule has 0 bridgehead atoms. The van der Waals surface area contributed by atoms with Crippen molar-refractivity contribution in [3.05, 3.63) is 65.7 Å². The van der Waals surface area contributed by atoms with Crippen LogP contribution in [0.2, 0.25) is 0 Å². The first-order valence-corrected chi connectivity index (χ1v) is 7.33. The molecule has 0 amide bonds. The van der Waals surface area contributed by atoms with Gasteiger partial charge in [0.2, 0.25) is 0 Å². The number of Topliss-reactive ketones (excluding diaryl/α,β-unsaturated/α-hetero) is 1. The van der Waals surface area contributed by atoms with Crippen molar-refractivity contribution in [3.8, 4) is 5.75 Å². The molecule has 0 aromatic heterocycles. The maximum absolute atomic E-state index is 12.4. The van der Waals surface area contributed by atoms with Gasteiger partial charge in [-0.05, 0) is 50.6 Å². The Morgan fingerprint density at radius 2 is 1.57 bits per heavy atom. The highest BCUT2D eigenvalue weighted by Gasteiger charge is 2.19. The smallest absolute Gasteiger partial charge is 0.185 e. The number of carbonyl (C=O) groups excluding carboxylic acids is 1. The monoisotopic (exact) mass is 302 g/mol. The van der Waals surface area contributed by atoms with Gasteiger partial charge in [-0.25, -0.2) is 0 Å². The van der Waals surface area contributed by atoms with E-state index in [0.717, 1.165) is 11.3 Å². The summed E-state index contributed by atoms with van der Waals surface area (Å²) in [4.78, 5) is 12.4. The Hall–Kier alpha value is -1.80. The number of hydrogen-bond acceptors (Lipinski definition) is 2. The first kappa shape index (κ1) is 15.6. The number of halogens is 1. The van der Waals surface area contributed by atoms with Crippen molar-refractivity contribution in [2.75, 3.05) is 0 Å². The van der Waals surface area contributed by atoms with E-state index in [0.29, 0.717) is 5.56 Å². The molecule has 0 N–H and O–H groups in total. The van der Waals surface area contributed by atoms with E-state index in [1.165, 1.54) is 0 Å². The molecule has 3 heteroatoms. The molecule has 2 rings (SSSR count). The minimum atomic E-state index is -0.666. The van der Waals surface area contributed by atoms with Crippen molar-refractivity contribution < 1.29 is 9.53 Å². The minimum absolute atomic E-state index is 0.106. The number of hydrogen-bond donors (Lipinski definition) is 0. The molecule has 0 saturated heterocycles. The van der Waals surface area contributed by atoms with Crippen LogP contribution in [0.15, 0.2) is 54.6 Å². The molecular formula is C18H19ClO2. The van der Waals surface area contributed by atoms with Crippen LogP contribution in [0.25, 0.3) is 0 Å². The summed E-state index contributed by atoms with van der Waals surface area (Å²) in [6, 6.07) is 16.5. The summed E-state index contributed by atoms with van der Waals surface area (Å²) in [5.74, 6) is 0.634. The van der Waals surface area contributed by atoms with Crippen LogP contribution < -0.4 is 4.74 Å². The number of alkyl halides is 1. The van der Waals surface area contributed by atoms with Crippen LogP contribution >= 0.6 is 11.6 Å². The van der Waals surface area contributed by atoms with Gasteiger partial charge in [0.15, 0.2) is 5.78 Å². The van der Waals surface area contributed by atoms with Gasteiger partial charge in [0.1, 0.15) is 16.7 Å². The molecule has 2 aromatic rings. The lowest BCUT2D eigenvalue weighted by Gasteiger charge is -2.21. The fourth-order valence-corrected chi connectivity index (χ4v) is 2.23. The molecular weight excluding hydrogens is 284 g/mol. The maximum Gasteiger partial charge on any atom is 0.185 e. The molecule has 110 valence electrons. The third kappa shape index (κ3) is 4.33. The predicted octanol–water partition coefficient (Wildman–Crippen LogP) is 5.03. The van der Waals surface area contributed by atoms with Crippen LogP contribution in [0.3, 0.4) is 0 Å². The third-order valence-corrected chi connectivity index (χ3v) is 3.34. The molecule has 21 heavy (non-hydrogen) atoms. The lowest BCUT2D eigenvalue weighted by Crippen LogP contribution is -2.22. The van der Waals surface area contributed by atoms with E-state index in [1.807, 2.05) is 51.1 Å². The van der Waals surface area contributed by atoms with Crippen LogP contribution in [0.5, 0.6) is 5.75 Å². The number of ether oxygens (including phenoxy) is 1. The summed E-state index contributed by atoms with van der Waals surface area (Å²) >= 11 is 6.26. The third-order valence-electron chi connectivity index (χ3n) is 2.89. The van der Waals surface area contributed by atoms with Crippen LogP contribution in [0.4, 0.5) is 0 Å². The Balaban J connectivity index is 2.13. The summed E-state index contributed by atoms with van der Waals surface area (Å²) < 4.78 is 5.74. The molecule has 0 aliphatic heterocycles. The topological polar surface area (TPSA) is 26.3 Å². The number of benzene rings is 2. The van der Waals surface area contributed by atoms with Crippen LogP contribution in [0, 0.1) is 0 Å². The largest absolute Gasteiger partial charge is 0.488 e. The summed E-state index contributed by atoms with van der Waals surface area (Å²) in [6.07, 6.45) is 0. The zero-order valence-corrected chi connectivity index (χ0v) is 13.2. The van der Waals surface area contributed by atoms with Crippen molar-refractivity contribution >= 4 is 17.4 Å². The average Bonchev–Trinajstić information content (AvgIpc) is 2.46. The van der Waals surface area contributed by atoms with E-state index >= 15 is 0 Å². The second-order valence-corrected chi connectivity index (χ2v) is 6.31. The Kier molecular flexibility index (Phi) is 4.69. The zero-order chi connectivity index (χ0) is 15.5. The molecule has 1 atom stereocenters. The van der Waals surface area contributed by atoms with Gasteiger partial charge in [-0.2, -0.15) is 0 Å². The molecule has 0 aliphatic rings. The van der Waals surface area contributed by atoms with Crippen LogP contribution in [-0.4, -0.2) is 11.4 Å². The lowest BCUT2D eigenvalue weighted by molar-refractivity contribution is 0.0987.